The number of hydrogen-bond acceptors (Lipinski definition) is 6. The molecule has 0 radical (unpaired) electrons. The smallest absolute Gasteiger partial charge is 0.387 e. The Morgan fingerprint density at radius 3 is 2.54 bits per heavy atom. The van der Waals surface area contributed by atoms with E-state index in [1.807, 2.05) is 0 Å². The zero-order valence-corrected chi connectivity index (χ0v) is 14.9. The van der Waals surface area contributed by atoms with E-state index in [1.165, 1.54) is 25.3 Å². The van der Waals surface area contributed by atoms with Crippen molar-refractivity contribution in [2.24, 2.45) is 0 Å². The fourth-order valence-electron chi connectivity index (χ4n) is 2.14. The number of aryl methyl sites for hydroxylation is 1. The average Bonchev–Trinajstić information content (AvgIpc) is 2.96. The van der Waals surface area contributed by atoms with Crippen LogP contribution in [-0.4, -0.2) is 35.7 Å². The maximum atomic E-state index is 12.4. The summed E-state index contributed by atoms with van der Waals surface area (Å²) in [5.74, 6) is -1.77. The van der Waals surface area contributed by atoms with Crippen molar-refractivity contribution in [1.82, 2.24) is 10.3 Å². The normalized spacial score (nSPS) is 11.9. The number of nitrogens with zero attached hydrogens (tertiary/aromatic N) is 1. The molecule has 1 heterocycles. The number of nitrogens with one attached hydrogen (secondary N) is 1. The van der Waals surface area contributed by atoms with Crippen LogP contribution < -0.4 is 14.8 Å². The minimum atomic E-state index is -3.01. The van der Waals surface area contributed by atoms with Crippen LogP contribution in [0, 0.1) is 6.92 Å². The second-order valence-corrected chi connectivity index (χ2v) is 6.24. The van der Waals surface area contributed by atoms with Gasteiger partial charge < -0.3 is 19.9 Å². The molecule has 1 aromatic heterocycles. The molecule has 0 fully saturated rings. The van der Waals surface area contributed by atoms with E-state index in [0.717, 1.165) is 11.3 Å². The lowest BCUT2D eigenvalue weighted by Crippen LogP contribution is -2.26. The Kier molecular flexibility index (Phi) is 6.09. The molecule has 0 spiro atoms. The topological polar surface area (TPSA) is 97.8 Å². The van der Waals surface area contributed by atoms with Gasteiger partial charge in [-0.2, -0.15) is 8.78 Å². The molecule has 2 N–H and O–H groups in total. The Balaban J connectivity index is 2.16. The van der Waals surface area contributed by atoms with E-state index in [1.54, 1.807) is 13.8 Å². The van der Waals surface area contributed by atoms with Crippen molar-refractivity contribution in [2.75, 3.05) is 7.11 Å². The van der Waals surface area contributed by atoms with Gasteiger partial charge in [0.2, 0.25) is 0 Å². The summed E-state index contributed by atoms with van der Waals surface area (Å²) in [6, 6.07) is 3.26. The first kappa shape index (κ1) is 19.6. The molecular weight excluding hydrogens is 370 g/mol. The fourth-order valence-corrected chi connectivity index (χ4v) is 3.05. The Morgan fingerprint density at radius 1 is 1.31 bits per heavy atom. The van der Waals surface area contributed by atoms with Gasteiger partial charge in [-0.1, -0.05) is 0 Å². The van der Waals surface area contributed by atoms with Gasteiger partial charge in [-0.25, -0.2) is 9.78 Å². The monoisotopic (exact) mass is 386 g/mol. The number of hydrogen-bond donors (Lipinski definition) is 2. The number of thiazole rings is 1. The van der Waals surface area contributed by atoms with Crippen LogP contribution in [-0.2, 0) is 0 Å². The van der Waals surface area contributed by atoms with Crippen LogP contribution in [0.25, 0.3) is 0 Å². The van der Waals surface area contributed by atoms with Gasteiger partial charge in [0.05, 0.1) is 18.8 Å². The number of amides is 1. The zero-order valence-electron chi connectivity index (χ0n) is 14.1. The Morgan fingerprint density at radius 2 is 2.00 bits per heavy atom. The van der Waals surface area contributed by atoms with E-state index in [0.29, 0.717) is 10.7 Å². The largest absolute Gasteiger partial charge is 0.493 e. The number of rotatable bonds is 7. The van der Waals surface area contributed by atoms with Crippen LogP contribution in [0.15, 0.2) is 18.2 Å². The molecule has 0 aliphatic rings. The number of aromatic carboxylic acids is 1. The molecule has 0 saturated heterocycles. The molecule has 7 nitrogen and oxygen atoms in total. The van der Waals surface area contributed by atoms with Gasteiger partial charge >= 0.3 is 12.6 Å². The number of benzene rings is 1. The summed E-state index contributed by atoms with van der Waals surface area (Å²) >= 11 is 0.976. The van der Waals surface area contributed by atoms with E-state index < -0.39 is 24.5 Å². The van der Waals surface area contributed by atoms with Crippen molar-refractivity contribution < 1.29 is 33.0 Å². The lowest BCUT2D eigenvalue weighted by atomic mass is 10.1. The van der Waals surface area contributed by atoms with Gasteiger partial charge in [-0.05, 0) is 32.0 Å². The zero-order chi connectivity index (χ0) is 19.4. The number of carbonyl (C=O) groups is 2. The van der Waals surface area contributed by atoms with Gasteiger partial charge in [-0.3, -0.25) is 4.79 Å². The molecular formula is C16H16F2N2O5S. The van der Waals surface area contributed by atoms with E-state index in [4.69, 9.17) is 9.84 Å². The first-order valence-corrected chi connectivity index (χ1v) is 8.19. The number of ether oxygens (including phenoxy) is 2. The predicted octanol–water partition coefficient (Wildman–Crippen LogP) is 3.25. The Bertz CT molecular complexity index is 825. The van der Waals surface area contributed by atoms with Crippen LogP contribution in [0.4, 0.5) is 8.78 Å². The van der Waals surface area contributed by atoms with Gasteiger partial charge in [0.15, 0.2) is 11.5 Å². The third-order valence-corrected chi connectivity index (χ3v) is 4.70. The molecule has 1 amide bonds. The first-order chi connectivity index (χ1) is 12.2. The Labute approximate surface area is 151 Å². The van der Waals surface area contributed by atoms with Gasteiger partial charge in [0, 0.05) is 5.56 Å². The lowest BCUT2D eigenvalue weighted by molar-refractivity contribution is -0.0512. The standard InChI is InChI=1S/C16H16F2N2O5S/c1-7-12(15(22)23)26-14(20-7)8(2)19-13(21)9-4-5-10(25-16(17)18)11(6-9)24-3/h4-6,8,16H,1-3H3,(H,19,21)(H,22,23). The minimum Gasteiger partial charge on any atom is -0.493 e. The molecule has 0 aliphatic carbocycles. The molecule has 1 unspecified atom stereocenters. The molecule has 0 bridgehead atoms. The minimum absolute atomic E-state index is 0.0103. The summed E-state index contributed by atoms with van der Waals surface area (Å²) in [5, 5.41) is 12.2. The number of methoxy groups -OCH3 is 1. The number of alkyl halides is 2. The summed E-state index contributed by atoms with van der Waals surface area (Å²) < 4.78 is 33.9. The lowest BCUT2D eigenvalue weighted by Gasteiger charge is -2.14. The van der Waals surface area contributed by atoms with E-state index in [-0.39, 0.29) is 21.9 Å². The molecule has 0 aliphatic heterocycles. The van der Waals surface area contributed by atoms with Gasteiger partial charge in [0.1, 0.15) is 9.88 Å². The SMILES string of the molecule is COc1cc(C(=O)NC(C)c2nc(C)c(C(=O)O)s2)ccc1OC(F)F. The van der Waals surface area contributed by atoms with Gasteiger partial charge in [0.25, 0.3) is 5.91 Å². The number of carbonyl (C=O) groups excluding carboxylic acids is 1. The maximum Gasteiger partial charge on any atom is 0.387 e. The highest BCUT2D eigenvalue weighted by Crippen LogP contribution is 2.30. The Hall–Kier alpha value is -2.75. The number of carboxylic acid groups (broad SMARTS) is 1. The average molecular weight is 386 g/mol. The number of aromatic nitrogens is 1. The van der Waals surface area contributed by atoms with Crippen molar-refractivity contribution in [1.29, 1.82) is 0 Å². The van der Waals surface area contributed by atoms with Crippen molar-refractivity contribution in [3.63, 3.8) is 0 Å². The van der Waals surface area contributed by atoms with Crippen molar-refractivity contribution in [3.05, 3.63) is 39.3 Å². The number of carboxylic acids is 1. The molecule has 26 heavy (non-hydrogen) atoms. The highest BCUT2D eigenvalue weighted by Gasteiger charge is 2.20. The van der Waals surface area contributed by atoms with Crippen LogP contribution in [0.1, 0.15) is 43.7 Å². The van der Waals surface area contributed by atoms with Crippen LogP contribution in [0.2, 0.25) is 0 Å². The molecule has 140 valence electrons. The van der Waals surface area contributed by atoms with Crippen molar-refractivity contribution in [3.8, 4) is 11.5 Å². The van der Waals surface area contributed by atoms with Crippen molar-refractivity contribution >= 4 is 23.2 Å². The van der Waals surface area contributed by atoms with Crippen LogP contribution >= 0.6 is 11.3 Å². The summed E-state index contributed by atoms with van der Waals surface area (Å²) in [5.41, 5.74) is 0.538. The summed E-state index contributed by atoms with van der Waals surface area (Å²) in [7, 11) is 1.27. The van der Waals surface area contributed by atoms with E-state index >= 15 is 0 Å². The number of halogens is 2. The first-order valence-electron chi connectivity index (χ1n) is 7.37. The third-order valence-electron chi connectivity index (χ3n) is 3.37. The summed E-state index contributed by atoms with van der Waals surface area (Å²) in [4.78, 5) is 27.7. The fraction of sp³-hybridized carbons (Fsp3) is 0.312. The third kappa shape index (κ3) is 4.45. The highest BCUT2D eigenvalue weighted by atomic mass is 32.1. The van der Waals surface area contributed by atoms with Gasteiger partial charge in [-0.15, -0.1) is 11.3 Å². The molecule has 1 aromatic carbocycles. The second kappa shape index (κ2) is 8.09. The molecule has 2 rings (SSSR count). The van der Waals surface area contributed by atoms with Crippen molar-refractivity contribution in [2.45, 2.75) is 26.5 Å². The molecule has 0 saturated carbocycles. The second-order valence-electron chi connectivity index (χ2n) is 5.21. The quantitative estimate of drug-likeness (QED) is 0.758. The predicted molar refractivity (Wildman–Crippen MR) is 89.3 cm³/mol. The van der Waals surface area contributed by atoms with Crippen LogP contribution in [0.5, 0.6) is 11.5 Å². The van der Waals surface area contributed by atoms with E-state index in [9.17, 15) is 18.4 Å². The van der Waals surface area contributed by atoms with E-state index in [2.05, 4.69) is 15.0 Å². The summed E-state index contributed by atoms with van der Waals surface area (Å²) in [6.45, 7) is 0.220. The van der Waals surface area contributed by atoms with Crippen LogP contribution in [0.3, 0.4) is 0 Å². The molecule has 10 heteroatoms. The molecule has 2 aromatic rings. The molecule has 1 atom stereocenters. The highest BCUT2D eigenvalue weighted by molar-refractivity contribution is 7.13. The summed E-state index contributed by atoms with van der Waals surface area (Å²) in [6.07, 6.45) is 0. The maximum absolute atomic E-state index is 12.4.